The molecule has 0 saturated heterocycles. The summed E-state index contributed by atoms with van der Waals surface area (Å²) in [5.41, 5.74) is 0.677. The summed E-state index contributed by atoms with van der Waals surface area (Å²) in [6.07, 6.45) is 0.210. The lowest BCUT2D eigenvalue weighted by atomic mass is 10.3. The highest BCUT2D eigenvalue weighted by Crippen LogP contribution is 2.08. The Kier molecular flexibility index (Phi) is 3.22. The second-order valence-electron chi connectivity index (χ2n) is 2.16. The van der Waals surface area contributed by atoms with E-state index >= 15 is 0 Å². The van der Waals surface area contributed by atoms with Crippen molar-refractivity contribution in [3.05, 3.63) is 23.0 Å². The maximum absolute atomic E-state index is 10.9. The van der Waals surface area contributed by atoms with Crippen LogP contribution in [-0.4, -0.2) is 17.6 Å². The first-order valence-electron chi connectivity index (χ1n) is 3.58. The Labute approximate surface area is 75.4 Å². The van der Waals surface area contributed by atoms with Gasteiger partial charge in [0.1, 0.15) is 0 Å². The standard InChI is InChI=1S/C8H9NO2S/c1-3-11-8(10)4-7-5-12-6(2)9-7/h2,5H,3-4H2,1H3. The number of carbonyl (C=O) groups is 1. The molecule has 0 aliphatic carbocycles. The molecule has 1 heterocycles. The van der Waals surface area contributed by atoms with Crippen molar-refractivity contribution in [1.29, 1.82) is 0 Å². The maximum Gasteiger partial charge on any atom is 0.311 e. The summed E-state index contributed by atoms with van der Waals surface area (Å²) < 4.78 is 4.74. The monoisotopic (exact) mass is 183 g/mol. The number of nitrogens with zero attached hydrogens (tertiary/aromatic N) is 1. The number of hydrogen-bond acceptors (Lipinski definition) is 4. The van der Waals surface area contributed by atoms with Crippen LogP contribution in [-0.2, 0) is 16.0 Å². The van der Waals surface area contributed by atoms with Crippen LogP contribution >= 0.6 is 11.3 Å². The molecule has 64 valence electrons. The van der Waals surface area contributed by atoms with Gasteiger partial charge in [0, 0.05) is 12.3 Å². The van der Waals surface area contributed by atoms with Crippen LogP contribution in [0.3, 0.4) is 0 Å². The Balaban J connectivity index is 2.46. The minimum absolute atomic E-state index is 0.210. The normalized spacial score (nSPS) is 9.83. The van der Waals surface area contributed by atoms with Crippen LogP contribution in [0.2, 0.25) is 0 Å². The van der Waals surface area contributed by atoms with Crippen LogP contribution in [0, 0.1) is 6.92 Å². The summed E-state index contributed by atoms with van der Waals surface area (Å²) >= 11 is 1.32. The molecule has 0 fully saturated rings. The number of aromatic nitrogens is 1. The lowest BCUT2D eigenvalue weighted by Gasteiger charge is -1.97. The third-order valence-corrected chi connectivity index (χ3v) is 1.92. The number of esters is 1. The van der Waals surface area contributed by atoms with Gasteiger partial charge in [-0.25, -0.2) is 4.98 Å². The highest BCUT2D eigenvalue weighted by Gasteiger charge is 2.05. The first-order chi connectivity index (χ1) is 5.72. The van der Waals surface area contributed by atoms with E-state index < -0.39 is 0 Å². The van der Waals surface area contributed by atoms with Crippen molar-refractivity contribution in [2.75, 3.05) is 6.61 Å². The average Bonchev–Trinajstić information content (AvgIpc) is 2.36. The molecule has 1 rings (SSSR count). The fourth-order valence-corrected chi connectivity index (χ4v) is 1.33. The van der Waals surface area contributed by atoms with E-state index in [4.69, 9.17) is 11.7 Å². The zero-order valence-corrected chi connectivity index (χ0v) is 7.56. The second-order valence-corrected chi connectivity index (χ2v) is 3.05. The molecule has 1 aromatic heterocycles. The molecule has 3 nitrogen and oxygen atoms in total. The lowest BCUT2D eigenvalue weighted by molar-refractivity contribution is -0.142. The third kappa shape index (κ3) is 2.62. The molecule has 0 aliphatic heterocycles. The van der Waals surface area contributed by atoms with Crippen molar-refractivity contribution >= 4 is 17.3 Å². The van der Waals surface area contributed by atoms with Gasteiger partial charge >= 0.3 is 5.97 Å². The topological polar surface area (TPSA) is 39.2 Å². The summed E-state index contributed by atoms with van der Waals surface area (Å²) in [5, 5.41) is 2.24. The van der Waals surface area contributed by atoms with E-state index in [-0.39, 0.29) is 12.4 Å². The highest BCUT2D eigenvalue weighted by atomic mass is 32.1. The van der Waals surface area contributed by atoms with Crippen molar-refractivity contribution in [3.8, 4) is 0 Å². The quantitative estimate of drug-likeness (QED) is 0.663. The van der Waals surface area contributed by atoms with Crippen LogP contribution in [0.5, 0.6) is 0 Å². The number of ether oxygens (including phenoxy) is 1. The molecule has 0 atom stereocenters. The first-order valence-corrected chi connectivity index (χ1v) is 4.46. The summed E-state index contributed by atoms with van der Waals surface area (Å²) in [6.45, 7) is 7.56. The molecule has 0 saturated carbocycles. The molecule has 0 spiro atoms. The predicted octanol–water partition coefficient (Wildman–Crippen LogP) is 1.31. The largest absolute Gasteiger partial charge is 0.466 e. The maximum atomic E-state index is 10.9. The van der Waals surface area contributed by atoms with Gasteiger partial charge < -0.3 is 4.74 Å². The van der Waals surface area contributed by atoms with Crippen LogP contribution in [0.4, 0.5) is 0 Å². The molecular formula is C8H9NO2S. The van der Waals surface area contributed by atoms with Gasteiger partial charge in [0.05, 0.1) is 23.7 Å². The van der Waals surface area contributed by atoms with Gasteiger partial charge in [-0.15, -0.1) is 11.3 Å². The molecule has 4 heteroatoms. The molecule has 0 bridgehead atoms. The van der Waals surface area contributed by atoms with Crippen molar-refractivity contribution in [3.63, 3.8) is 0 Å². The second kappa shape index (κ2) is 4.21. The summed E-state index contributed by atoms with van der Waals surface area (Å²) in [4.78, 5) is 14.9. The van der Waals surface area contributed by atoms with E-state index in [1.54, 1.807) is 12.3 Å². The molecule has 0 unspecified atom stereocenters. The fourth-order valence-electron chi connectivity index (χ4n) is 0.764. The Morgan fingerprint density at radius 3 is 3.08 bits per heavy atom. The van der Waals surface area contributed by atoms with Crippen LogP contribution in [0.1, 0.15) is 17.6 Å². The lowest BCUT2D eigenvalue weighted by Crippen LogP contribution is -2.07. The fraction of sp³-hybridized carbons (Fsp3) is 0.375. The summed E-state index contributed by atoms with van der Waals surface area (Å²) in [6, 6.07) is 0. The number of thiazole rings is 1. The van der Waals surface area contributed by atoms with Gasteiger partial charge in [0.2, 0.25) is 0 Å². The van der Waals surface area contributed by atoms with Crippen molar-refractivity contribution in [2.24, 2.45) is 0 Å². The average molecular weight is 183 g/mol. The first kappa shape index (κ1) is 9.19. The Bertz CT molecular complexity index is 270. The Morgan fingerprint density at radius 2 is 2.58 bits per heavy atom. The molecule has 2 radical (unpaired) electrons. The van der Waals surface area contributed by atoms with Gasteiger partial charge in [-0.05, 0) is 6.92 Å². The summed E-state index contributed by atoms with van der Waals surface area (Å²) in [5.74, 6) is -0.261. The molecule has 0 amide bonds. The number of hydrogen-bond donors (Lipinski definition) is 0. The minimum atomic E-state index is -0.261. The highest BCUT2D eigenvalue weighted by molar-refractivity contribution is 7.09. The summed E-state index contributed by atoms with van der Waals surface area (Å²) in [7, 11) is 0. The van der Waals surface area contributed by atoms with Crippen molar-refractivity contribution < 1.29 is 9.53 Å². The van der Waals surface area contributed by atoms with E-state index in [2.05, 4.69) is 4.98 Å². The predicted molar refractivity (Wildman–Crippen MR) is 45.9 cm³/mol. The van der Waals surface area contributed by atoms with Gasteiger partial charge in [0.25, 0.3) is 0 Å². The van der Waals surface area contributed by atoms with Gasteiger partial charge in [-0.3, -0.25) is 4.79 Å². The third-order valence-electron chi connectivity index (χ3n) is 1.20. The van der Waals surface area contributed by atoms with E-state index in [0.717, 1.165) is 0 Å². The molecule has 1 aromatic rings. The molecule has 0 aromatic carbocycles. The SMILES string of the molecule is [CH]c1nc(CC(=O)OCC)cs1. The van der Waals surface area contributed by atoms with Crippen LogP contribution in [0.15, 0.2) is 5.38 Å². The van der Waals surface area contributed by atoms with Crippen molar-refractivity contribution in [1.82, 2.24) is 4.98 Å². The van der Waals surface area contributed by atoms with Crippen LogP contribution in [0.25, 0.3) is 0 Å². The van der Waals surface area contributed by atoms with E-state index in [1.807, 2.05) is 0 Å². The molecule has 0 N–H and O–H groups in total. The van der Waals surface area contributed by atoms with Gasteiger partial charge in [0.15, 0.2) is 0 Å². The molecular weight excluding hydrogens is 174 g/mol. The van der Waals surface area contributed by atoms with E-state index in [1.165, 1.54) is 11.3 Å². The van der Waals surface area contributed by atoms with E-state index in [9.17, 15) is 4.79 Å². The number of rotatable bonds is 3. The van der Waals surface area contributed by atoms with E-state index in [0.29, 0.717) is 17.3 Å². The van der Waals surface area contributed by atoms with Crippen molar-refractivity contribution in [2.45, 2.75) is 13.3 Å². The zero-order valence-electron chi connectivity index (χ0n) is 6.74. The zero-order chi connectivity index (χ0) is 8.97. The van der Waals surface area contributed by atoms with Gasteiger partial charge in [-0.2, -0.15) is 0 Å². The Hall–Kier alpha value is -0.900. The van der Waals surface area contributed by atoms with Gasteiger partial charge in [-0.1, -0.05) is 0 Å². The smallest absolute Gasteiger partial charge is 0.311 e. The number of carbonyl (C=O) groups excluding carboxylic acids is 1. The van der Waals surface area contributed by atoms with Crippen LogP contribution < -0.4 is 0 Å². The molecule has 12 heavy (non-hydrogen) atoms. The Morgan fingerprint density at radius 1 is 1.83 bits per heavy atom. The molecule has 0 aliphatic rings. The minimum Gasteiger partial charge on any atom is -0.466 e.